The van der Waals surface area contributed by atoms with E-state index in [-0.39, 0.29) is 5.91 Å². The Balaban J connectivity index is 1.46. The fourth-order valence-electron chi connectivity index (χ4n) is 2.70. The number of thiophene rings is 1. The van der Waals surface area contributed by atoms with Gasteiger partial charge in [-0.3, -0.25) is 9.69 Å². The molecular weight excluding hydrogens is 390 g/mol. The largest absolute Gasteiger partial charge is 0.338 e. The van der Waals surface area contributed by atoms with E-state index < -0.39 is 0 Å². The highest BCUT2D eigenvalue weighted by molar-refractivity contribution is 9.11. The molecule has 0 spiro atoms. The van der Waals surface area contributed by atoms with Gasteiger partial charge in [-0.1, -0.05) is 0 Å². The normalized spacial score (nSPS) is 15.1. The van der Waals surface area contributed by atoms with Crippen molar-refractivity contribution < 1.29 is 4.79 Å². The highest BCUT2D eigenvalue weighted by Gasteiger charge is 2.23. The molecule has 24 heavy (non-hydrogen) atoms. The molecule has 0 bridgehead atoms. The number of amides is 1. The molecule has 1 amide bonds. The lowest BCUT2D eigenvalue weighted by molar-refractivity contribution is -0.132. The number of anilines is 1. The zero-order chi connectivity index (χ0) is 16.9. The summed E-state index contributed by atoms with van der Waals surface area (Å²) in [6.07, 6.45) is 3.50. The number of hydrogen-bond donors (Lipinski definition) is 0. The van der Waals surface area contributed by atoms with Crippen molar-refractivity contribution in [3.05, 3.63) is 39.3 Å². The molecule has 1 saturated heterocycles. The van der Waals surface area contributed by atoms with Crippen molar-refractivity contribution in [2.75, 3.05) is 44.7 Å². The highest BCUT2D eigenvalue weighted by atomic mass is 79.9. The van der Waals surface area contributed by atoms with Crippen molar-refractivity contribution in [1.29, 1.82) is 0 Å². The highest BCUT2D eigenvalue weighted by Crippen LogP contribution is 2.23. The molecule has 8 heteroatoms. The topological polar surface area (TPSA) is 52.6 Å². The second-order valence-corrected chi connectivity index (χ2v) is 8.34. The van der Waals surface area contributed by atoms with E-state index in [0.29, 0.717) is 6.54 Å². The Morgan fingerprint density at radius 3 is 2.58 bits per heavy atom. The Morgan fingerprint density at radius 2 is 1.96 bits per heavy atom. The van der Waals surface area contributed by atoms with Crippen LogP contribution in [0.25, 0.3) is 0 Å². The van der Waals surface area contributed by atoms with Crippen LogP contribution in [0.5, 0.6) is 0 Å². The van der Waals surface area contributed by atoms with Crippen molar-refractivity contribution in [1.82, 2.24) is 19.8 Å². The predicted octanol–water partition coefficient (Wildman–Crippen LogP) is 2.08. The van der Waals surface area contributed by atoms with Gasteiger partial charge in [-0.2, -0.15) is 0 Å². The lowest BCUT2D eigenvalue weighted by atomic mass is 10.3. The molecule has 1 aliphatic rings. The lowest BCUT2D eigenvalue weighted by Crippen LogP contribution is -2.51. The van der Waals surface area contributed by atoms with Gasteiger partial charge in [0.15, 0.2) is 0 Å². The van der Waals surface area contributed by atoms with Crippen LogP contribution in [0.1, 0.15) is 4.88 Å². The number of hydrogen-bond acceptors (Lipinski definition) is 6. The third kappa shape index (κ3) is 4.52. The van der Waals surface area contributed by atoms with Gasteiger partial charge in [-0.25, -0.2) is 9.97 Å². The van der Waals surface area contributed by atoms with Gasteiger partial charge in [0.05, 0.1) is 10.3 Å². The molecule has 2 aromatic rings. The van der Waals surface area contributed by atoms with Gasteiger partial charge in [0.25, 0.3) is 0 Å². The molecule has 3 heterocycles. The van der Waals surface area contributed by atoms with Gasteiger partial charge in [0.1, 0.15) is 0 Å². The summed E-state index contributed by atoms with van der Waals surface area (Å²) in [4.78, 5) is 28.4. The molecular formula is C16H20BrN5OS. The Bertz CT molecular complexity index is 672. The van der Waals surface area contributed by atoms with E-state index in [4.69, 9.17) is 0 Å². The second-order valence-electron chi connectivity index (χ2n) is 5.79. The Morgan fingerprint density at radius 1 is 1.25 bits per heavy atom. The Hall–Kier alpha value is -1.51. The number of carbonyl (C=O) groups excluding carboxylic acids is 1. The van der Waals surface area contributed by atoms with Crippen LogP contribution in [0.2, 0.25) is 0 Å². The fourth-order valence-corrected chi connectivity index (χ4v) is 4.26. The van der Waals surface area contributed by atoms with E-state index in [1.807, 2.05) is 24.1 Å². The summed E-state index contributed by atoms with van der Waals surface area (Å²) in [5, 5.41) is 0. The first-order chi connectivity index (χ1) is 11.6. The third-order valence-corrected chi connectivity index (χ3v) is 5.54. The molecule has 3 rings (SSSR count). The molecule has 0 N–H and O–H groups in total. The van der Waals surface area contributed by atoms with Gasteiger partial charge in [-0.15, -0.1) is 11.3 Å². The summed E-state index contributed by atoms with van der Waals surface area (Å²) >= 11 is 5.18. The maximum absolute atomic E-state index is 12.5. The van der Waals surface area contributed by atoms with Gasteiger partial charge in [0, 0.05) is 50.0 Å². The molecule has 0 aromatic carbocycles. The molecule has 0 saturated carbocycles. The Labute approximate surface area is 154 Å². The summed E-state index contributed by atoms with van der Waals surface area (Å²) in [7, 11) is 1.99. The summed E-state index contributed by atoms with van der Waals surface area (Å²) in [6.45, 7) is 4.22. The minimum Gasteiger partial charge on any atom is -0.338 e. The van der Waals surface area contributed by atoms with Crippen LogP contribution in [0, 0.1) is 0 Å². The maximum atomic E-state index is 12.5. The number of likely N-dealkylation sites (N-methyl/N-ethyl adjacent to an activating group) is 1. The standard InChI is InChI=1S/C16H20BrN5OS/c1-20(11-13-3-4-14(17)24-13)12-15(23)21-7-9-22(10-8-21)16-18-5-2-6-19-16/h2-6H,7-12H2,1H3. The van der Waals surface area contributed by atoms with Crippen molar-refractivity contribution >= 4 is 39.1 Å². The number of rotatable bonds is 5. The third-order valence-electron chi connectivity index (χ3n) is 3.93. The van der Waals surface area contributed by atoms with Gasteiger partial charge in [-0.05, 0) is 41.2 Å². The number of aromatic nitrogens is 2. The minimum absolute atomic E-state index is 0.182. The van der Waals surface area contributed by atoms with Crippen LogP contribution < -0.4 is 4.90 Å². The number of carbonyl (C=O) groups is 1. The number of halogens is 1. The number of nitrogens with zero attached hydrogens (tertiary/aromatic N) is 5. The van der Waals surface area contributed by atoms with Crippen molar-refractivity contribution in [3.63, 3.8) is 0 Å². The van der Waals surface area contributed by atoms with E-state index >= 15 is 0 Å². The fraction of sp³-hybridized carbons (Fsp3) is 0.438. The molecule has 0 unspecified atom stereocenters. The maximum Gasteiger partial charge on any atom is 0.236 e. The SMILES string of the molecule is CN(CC(=O)N1CCN(c2ncccn2)CC1)Cc1ccc(Br)s1. The van der Waals surface area contributed by atoms with Gasteiger partial charge < -0.3 is 9.80 Å². The van der Waals surface area contributed by atoms with Crippen molar-refractivity contribution in [2.24, 2.45) is 0 Å². The first-order valence-electron chi connectivity index (χ1n) is 7.84. The van der Waals surface area contributed by atoms with Crippen molar-refractivity contribution in [2.45, 2.75) is 6.54 Å². The molecule has 2 aromatic heterocycles. The van der Waals surface area contributed by atoms with E-state index in [1.165, 1.54) is 4.88 Å². The minimum atomic E-state index is 0.182. The van der Waals surface area contributed by atoms with E-state index in [9.17, 15) is 4.79 Å². The first-order valence-corrected chi connectivity index (χ1v) is 9.45. The van der Waals surface area contributed by atoms with Crippen LogP contribution in [-0.4, -0.2) is 65.4 Å². The zero-order valence-corrected chi connectivity index (χ0v) is 16.0. The van der Waals surface area contributed by atoms with Crippen LogP contribution in [-0.2, 0) is 11.3 Å². The molecule has 0 aliphatic carbocycles. The summed E-state index contributed by atoms with van der Waals surface area (Å²) in [5.74, 6) is 0.923. The molecule has 0 atom stereocenters. The molecule has 0 radical (unpaired) electrons. The van der Waals surface area contributed by atoms with E-state index in [0.717, 1.165) is 42.5 Å². The molecule has 1 fully saturated rings. The molecule has 128 valence electrons. The lowest BCUT2D eigenvalue weighted by Gasteiger charge is -2.35. The zero-order valence-electron chi connectivity index (χ0n) is 13.6. The second kappa shape index (κ2) is 8.04. The summed E-state index contributed by atoms with van der Waals surface area (Å²) in [5.41, 5.74) is 0. The van der Waals surface area contributed by atoms with E-state index in [1.54, 1.807) is 23.7 Å². The molecule has 6 nitrogen and oxygen atoms in total. The monoisotopic (exact) mass is 409 g/mol. The van der Waals surface area contributed by atoms with E-state index in [2.05, 4.69) is 41.8 Å². The van der Waals surface area contributed by atoms with Gasteiger partial charge >= 0.3 is 0 Å². The quantitative estimate of drug-likeness (QED) is 0.756. The average Bonchev–Trinajstić information content (AvgIpc) is 3.00. The van der Waals surface area contributed by atoms with Crippen molar-refractivity contribution in [3.8, 4) is 0 Å². The smallest absolute Gasteiger partial charge is 0.236 e. The number of piperazine rings is 1. The van der Waals surface area contributed by atoms with Crippen LogP contribution in [0.3, 0.4) is 0 Å². The Kier molecular flexibility index (Phi) is 5.80. The molecule has 1 aliphatic heterocycles. The summed E-state index contributed by atoms with van der Waals surface area (Å²) in [6, 6.07) is 5.94. The summed E-state index contributed by atoms with van der Waals surface area (Å²) < 4.78 is 1.12. The van der Waals surface area contributed by atoms with Crippen LogP contribution >= 0.6 is 27.3 Å². The van der Waals surface area contributed by atoms with Crippen LogP contribution in [0.15, 0.2) is 34.4 Å². The van der Waals surface area contributed by atoms with Gasteiger partial charge in [0.2, 0.25) is 11.9 Å². The predicted molar refractivity (Wildman–Crippen MR) is 99.2 cm³/mol. The van der Waals surface area contributed by atoms with Crippen LogP contribution in [0.4, 0.5) is 5.95 Å². The first kappa shape index (κ1) is 17.3. The average molecular weight is 410 g/mol.